The number of rotatable bonds is 6. The van der Waals surface area contributed by atoms with Crippen molar-refractivity contribution in [1.29, 1.82) is 0 Å². The van der Waals surface area contributed by atoms with E-state index in [1.807, 2.05) is 24.3 Å². The SMILES string of the molecule is O=Cc1cccc(/C=C/Cn2ncnc2C(=O)c2ccc(Cl)cc2)c1. The fourth-order valence-electron chi connectivity index (χ4n) is 2.33. The molecule has 0 spiro atoms. The van der Waals surface area contributed by atoms with Gasteiger partial charge in [0, 0.05) is 16.1 Å². The molecule has 2 aromatic carbocycles. The Balaban J connectivity index is 1.75. The zero-order valence-corrected chi connectivity index (χ0v) is 13.9. The maximum absolute atomic E-state index is 12.5. The smallest absolute Gasteiger partial charge is 0.229 e. The van der Waals surface area contributed by atoms with Gasteiger partial charge in [-0.25, -0.2) is 9.67 Å². The lowest BCUT2D eigenvalue weighted by atomic mass is 10.1. The van der Waals surface area contributed by atoms with Crippen molar-refractivity contribution in [3.8, 4) is 0 Å². The minimum Gasteiger partial charge on any atom is -0.298 e. The lowest BCUT2D eigenvalue weighted by Gasteiger charge is -2.03. The molecule has 124 valence electrons. The molecule has 25 heavy (non-hydrogen) atoms. The summed E-state index contributed by atoms with van der Waals surface area (Å²) in [6, 6.07) is 13.9. The Morgan fingerprint density at radius 2 is 1.88 bits per heavy atom. The summed E-state index contributed by atoms with van der Waals surface area (Å²) in [6.45, 7) is 0.389. The molecule has 0 bridgehead atoms. The van der Waals surface area contributed by atoms with Crippen LogP contribution in [0, 0.1) is 0 Å². The van der Waals surface area contributed by atoms with Crippen molar-refractivity contribution in [3.63, 3.8) is 0 Å². The van der Waals surface area contributed by atoms with Gasteiger partial charge in [0.1, 0.15) is 12.6 Å². The monoisotopic (exact) mass is 351 g/mol. The second-order valence-corrected chi connectivity index (χ2v) is 5.73. The Bertz CT molecular complexity index is 930. The van der Waals surface area contributed by atoms with Crippen molar-refractivity contribution < 1.29 is 9.59 Å². The van der Waals surface area contributed by atoms with Gasteiger partial charge in [0.05, 0.1) is 6.54 Å². The van der Waals surface area contributed by atoms with E-state index in [2.05, 4.69) is 10.1 Å². The predicted octanol–water partition coefficient (Wildman–Crippen LogP) is 3.69. The molecule has 0 unspecified atom stereocenters. The van der Waals surface area contributed by atoms with E-state index in [1.165, 1.54) is 11.0 Å². The molecule has 5 nitrogen and oxygen atoms in total. The van der Waals surface area contributed by atoms with E-state index in [0.29, 0.717) is 22.7 Å². The Labute approximate surface area is 149 Å². The summed E-state index contributed by atoms with van der Waals surface area (Å²) in [5.41, 5.74) is 2.01. The van der Waals surface area contributed by atoms with Crippen molar-refractivity contribution in [2.75, 3.05) is 0 Å². The molecule has 0 fully saturated rings. The van der Waals surface area contributed by atoms with Crippen LogP contribution in [-0.2, 0) is 6.54 Å². The summed E-state index contributed by atoms with van der Waals surface area (Å²) >= 11 is 5.85. The Kier molecular flexibility index (Phi) is 5.16. The van der Waals surface area contributed by atoms with Gasteiger partial charge in [-0.05, 0) is 35.9 Å². The molecule has 1 heterocycles. The van der Waals surface area contributed by atoms with Gasteiger partial charge in [0.25, 0.3) is 0 Å². The van der Waals surface area contributed by atoms with Crippen LogP contribution in [0.25, 0.3) is 6.08 Å². The highest BCUT2D eigenvalue weighted by molar-refractivity contribution is 6.30. The standard InChI is InChI=1S/C19H14ClN3O2/c20-17-8-6-16(7-9-17)18(25)19-21-13-22-23(19)10-2-5-14-3-1-4-15(11-14)12-24/h1-9,11-13H,10H2/b5-2+. The summed E-state index contributed by atoms with van der Waals surface area (Å²) < 4.78 is 1.52. The van der Waals surface area contributed by atoms with E-state index in [-0.39, 0.29) is 11.6 Å². The molecule has 0 saturated carbocycles. The van der Waals surface area contributed by atoms with Crippen molar-refractivity contribution in [2.45, 2.75) is 6.54 Å². The minimum absolute atomic E-state index is 0.217. The molecule has 3 rings (SSSR count). The number of aldehydes is 1. The van der Waals surface area contributed by atoms with Gasteiger partial charge in [-0.1, -0.05) is 42.0 Å². The van der Waals surface area contributed by atoms with Crippen LogP contribution in [0.4, 0.5) is 0 Å². The number of ketones is 1. The van der Waals surface area contributed by atoms with E-state index < -0.39 is 0 Å². The quantitative estimate of drug-likeness (QED) is 0.502. The molecular formula is C19H14ClN3O2. The predicted molar refractivity (Wildman–Crippen MR) is 95.8 cm³/mol. The summed E-state index contributed by atoms with van der Waals surface area (Å²) in [4.78, 5) is 27.4. The average Bonchev–Trinajstić information content (AvgIpc) is 3.10. The topological polar surface area (TPSA) is 64.8 Å². The fourth-order valence-corrected chi connectivity index (χ4v) is 2.45. The molecule has 0 atom stereocenters. The van der Waals surface area contributed by atoms with Gasteiger partial charge in [0.2, 0.25) is 5.78 Å². The Hall–Kier alpha value is -3.05. The van der Waals surface area contributed by atoms with Gasteiger partial charge in [-0.3, -0.25) is 9.59 Å². The van der Waals surface area contributed by atoms with Gasteiger partial charge < -0.3 is 0 Å². The number of aromatic nitrogens is 3. The van der Waals surface area contributed by atoms with Crippen LogP contribution in [0.1, 0.15) is 32.1 Å². The zero-order chi connectivity index (χ0) is 17.6. The molecule has 0 amide bonds. The van der Waals surface area contributed by atoms with Crippen LogP contribution < -0.4 is 0 Å². The van der Waals surface area contributed by atoms with Gasteiger partial charge in [-0.15, -0.1) is 0 Å². The zero-order valence-electron chi connectivity index (χ0n) is 13.2. The fraction of sp³-hybridized carbons (Fsp3) is 0.0526. The third-order valence-electron chi connectivity index (χ3n) is 3.56. The minimum atomic E-state index is -0.217. The van der Waals surface area contributed by atoms with E-state index in [1.54, 1.807) is 36.4 Å². The van der Waals surface area contributed by atoms with Gasteiger partial charge >= 0.3 is 0 Å². The number of carbonyl (C=O) groups is 2. The van der Waals surface area contributed by atoms with Crippen molar-refractivity contribution in [1.82, 2.24) is 14.8 Å². The first-order chi connectivity index (χ1) is 12.2. The summed E-state index contributed by atoms with van der Waals surface area (Å²) in [6.07, 6.45) is 5.88. The first kappa shape index (κ1) is 16.8. The Morgan fingerprint density at radius 1 is 1.12 bits per heavy atom. The highest BCUT2D eigenvalue weighted by Gasteiger charge is 2.15. The highest BCUT2D eigenvalue weighted by atomic mass is 35.5. The number of allylic oxidation sites excluding steroid dienone is 1. The molecule has 0 saturated heterocycles. The maximum atomic E-state index is 12.5. The number of hydrogen-bond acceptors (Lipinski definition) is 4. The van der Waals surface area contributed by atoms with E-state index in [9.17, 15) is 9.59 Å². The van der Waals surface area contributed by atoms with Crippen molar-refractivity contribution in [3.05, 3.63) is 88.5 Å². The van der Waals surface area contributed by atoms with Crippen molar-refractivity contribution in [2.24, 2.45) is 0 Å². The van der Waals surface area contributed by atoms with Crippen LogP contribution in [-0.4, -0.2) is 26.8 Å². The second kappa shape index (κ2) is 7.68. The number of benzene rings is 2. The number of nitrogens with zero attached hydrogens (tertiary/aromatic N) is 3. The third-order valence-corrected chi connectivity index (χ3v) is 3.81. The molecule has 0 N–H and O–H groups in total. The molecule has 0 radical (unpaired) electrons. The van der Waals surface area contributed by atoms with E-state index in [0.717, 1.165) is 11.8 Å². The molecule has 0 aliphatic rings. The largest absolute Gasteiger partial charge is 0.298 e. The lowest BCUT2D eigenvalue weighted by molar-refractivity contribution is 0.102. The van der Waals surface area contributed by atoms with Gasteiger partial charge in [0.15, 0.2) is 5.82 Å². The first-order valence-corrected chi connectivity index (χ1v) is 7.95. The number of hydrogen-bond donors (Lipinski definition) is 0. The molecule has 0 aliphatic carbocycles. The van der Waals surface area contributed by atoms with E-state index >= 15 is 0 Å². The molecular weight excluding hydrogens is 338 g/mol. The van der Waals surface area contributed by atoms with Crippen LogP contribution in [0.3, 0.4) is 0 Å². The Morgan fingerprint density at radius 3 is 2.64 bits per heavy atom. The van der Waals surface area contributed by atoms with Crippen molar-refractivity contribution >= 4 is 29.7 Å². The number of halogens is 1. The van der Waals surface area contributed by atoms with Gasteiger partial charge in [-0.2, -0.15) is 5.10 Å². The van der Waals surface area contributed by atoms with E-state index in [4.69, 9.17) is 11.6 Å². The number of carbonyl (C=O) groups excluding carboxylic acids is 2. The molecule has 1 aromatic heterocycles. The summed E-state index contributed by atoms with van der Waals surface area (Å²) in [7, 11) is 0. The lowest BCUT2D eigenvalue weighted by Crippen LogP contribution is -2.12. The third kappa shape index (κ3) is 4.08. The molecule has 0 aliphatic heterocycles. The average molecular weight is 352 g/mol. The summed E-state index contributed by atoms with van der Waals surface area (Å²) in [5.74, 6) is 0.0409. The maximum Gasteiger partial charge on any atom is 0.229 e. The molecule has 6 heteroatoms. The molecule has 3 aromatic rings. The van der Waals surface area contributed by atoms with Crippen LogP contribution in [0.5, 0.6) is 0 Å². The van der Waals surface area contributed by atoms with Crippen LogP contribution >= 0.6 is 11.6 Å². The highest BCUT2D eigenvalue weighted by Crippen LogP contribution is 2.13. The van der Waals surface area contributed by atoms with Crippen LogP contribution in [0.15, 0.2) is 60.9 Å². The first-order valence-electron chi connectivity index (χ1n) is 7.57. The van der Waals surface area contributed by atoms with Crippen LogP contribution in [0.2, 0.25) is 5.02 Å². The normalized spacial score (nSPS) is 10.9. The second-order valence-electron chi connectivity index (χ2n) is 5.29. The summed E-state index contributed by atoms with van der Waals surface area (Å²) in [5, 5.41) is 4.66.